The summed E-state index contributed by atoms with van der Waals surface area (Å²) in [6, 6.07) is 6.34. The molecule has 1 aromatic carbocycles. The predicted molar refractivity (Wildman–Crippen MR) is 63.7 cm³/mol. The maximum atomic E-state index is 13.6. The summed E-state index contributed by atoms with van der Waals surface area (Å²) in [4.78, 5) is 3.90. The molecule has 96 valence electrons. The maximum Gasteiger partial charge on any atom is 0.283 e. The summed E-state index contributed by atoms with van der Waals surface area (Å²) in [7, 11) is 0. The minimum atomic E-state index is -2.67. The first-order valence-electron chi connectivity index (χ1n) is 5.61. The SMILES string of the molecule is NC1=NC(c2ccccc2Cl)(C(F)F)C2CC2O1. The minimum absolute atomic E-state index is 0.186. The molecular formula is C12H11ClF2N2O. The molecule has 3 rings (SSSR count). The molecule has 3 nitrogen and oxygen atoms in total. The Hall–Kier alpha value is -1.36. The zero-order valence-corrected chi connectivity index (χ0v) is 10.1. The smallest absolute Gasteiger partial charge is 0.283 e. The number of aliphatic imine (C=N–C) groups is 1. The van der Waals surface area contributed by atoms with E-state index < -0.39 is 12.0 Å². The summed E-state index contributed by atoms with van der Waals surface area (Å²) >= 11 is 6.04. The molecule has 0 saturated heterocycles. The first kappa shape index (κ1) is 11.7. The lowest BCUT2D eigenvalue weighted by atomic mass is 9.85. The zero-order chi connectivity index (χ0) is 12.9. The third-order valence-corrected chi connectivity index (χ3v) is 3.83. The number of halogens is 3. The monoisotopic (exact) mass is 272 g/mol. The lowest BCUT2D eigenvalue weighted by Crippen LogP contribution is -2.42. The predicted octanol–water partition coefficient (Wildman–Crippen LogP) is 2.53. The Kier molecular flexibility index (Phi) is 2.48. The van der Waals surface area contributed by atoms with Crippen LogP contribution in [-0.2, 0) is 10.3 Å². The van der Waals surface area contributed by atoms with Crippen molar-refractivity contribution in [3.63, 3.8) is 0 Å². The summed E-state index contributed by atoms with van der Waals surface area (Å²) in [5, 5.41) is 0.280. The Morgan fingerprint density at radius 3 is 2.83 bits per heavy atom. The van der Waals surface area contributed by atoms with Crippen LogP contribution in [0.15, 0.2) is 29.3 Å². The molecule has 0 bridgehead atoms. The molecule has 2 aliphatic rings. The van der Waals surface area contributed by atoms with Crippen LogP contribution in [0.1, 0.15) is 12.0 Å². The van der Waals surface area contributed by atoms with Crippen molar-refractivity contribution in [2.24, 2.45) is 16.6 Å². The van der Waals surface area contributed by atoms with Gasteiger partial charge < -0.3 is 10.5 Å². The first-order chi connectivity index (χ1) is 8.55. The van der Waals surface area contributed by atoms with Gasteiger partial charge in [0.25, 0.3) is 12.4 Å². The van der Waals surface area contributed by atoms with Gasteiger partial charge in [0.05, 0.1) is 0 Å². The van der Waals surface area contributed by atoms with Crippen molar-refractivity contribution in [3.8, 4) is 0 Å². The van der Waals surface area contributed by atoms with Crippen LogP contribution >= 0.6 is 11.6 Å². The zero-order valence-electron chi connectivity index (χ0n) is 9.32. The number of amidine groups is 1. The van der Waals surface area contributed by atoms with Gasteiger partial charge in [-0.3, -0.25) is 0 Å². The molecule has 18 heavy (non-hydrogen) atoms. The summed E-state index contributed by atoms with van der Waals surface area (Å²) in [5.74, 6) is -0.357. The second-order valence-electron chi connectivity index (χ2n) is 4.55. The van der Waals surface area contributed by atoms with Crippen LogP contribution in [0.5, 0.6) is 0 Å². The molecule has 1 fully saturated rings. The highest BCUT2D eigenvalue weighted by Gasteiger charge is 2.63. The van der Waals surface area contributed by atoms with Crippen LogP contribution in [0.2, 0.25) is 5.02 Å². The fourth-order valence-corrected chi connectivity index (χ4v) is 2.87. The van der Waals surface area contributed by atoms with Gasteiger partial charge in [-0.05, 0) is 12.5 Å². The summed E-state index contributed by atoms with van der Waals surface area (Å²) < 4.78 is 32.4. The Labute approximate surface area is 108 Å². The molecule has 0 amide bonds. The second-order valence-corrected chi connectivity index (χ2v) is 4.96. The van der Waals surface area contributed by atoms with Crippen LogP contribution in [0.3, 0.4) is 0 Å². The molecule has 0 spiro atoms. The number of nitrogens with two attached hydrogens (primary N) is 1. The van der Waals surface area contributed by atoms with E-state index in [1.807, 2.05) is 0 Å². The van der Waals surface area contributed by atoms with Gasteiger partial charge in [0.2, 0.25) is 0 Å². The lowest BCUT2D eigenvalue weighted by Gasteiger charge is -2.33. The van der Waals surface area contributed by atoms with Crippen molar-refractivity contribution in [1.29, 1.82) is 0 Å². The van der Waals surface area contributed by atoms with Gasteiger partial charge in [0.15, 0.2) is 5.54 Å². The van der Waals surface area contributed by atoms with Crippen molar-refractivity contribution in [2.45, 2.75) is 24.5 Å². The van der Waals surface area contributed by atoms with Gasteiger partial charge >= 0.3 is 0 Å². The van der Waals surface area contributed by atoms with Crippen molar-refractivity contribution in [2.75, 3.05) is 0 Å². The van der Waals surface area contributed by atoms with Crippen molar-refractivity contribution < 1.29 is 13.5 Å². The van der Waals surface area contributed by atoms with Gasteiger partial charge in [-0.15, -0.1) is 0 Å². The van der Waals surface area contributed by atoms with Gasteiger partial charge in [-0.25, -0.2) is 13.8 Å². The molecule has 3 unspecified atom stereocenters. The molecule has 6 heteroatoms. The Morgan fingerprint density at radius 1 is 1.44 bits per heavy atom. The van der Waals surface area contributed by atoms with Crippen LogP contribution in [0, 0.1) is 5.92 Å². The van der Waals surface area contributed by atoms with E-state index in [0.717, 1.165) is 0 Å². The van der Waals surface area contributed by atoms with E-state index >= 15 is 0 Å². The number of alkyl halides is 2. The van der Waals surface area contributed by atoms with Crippen LogP contribution in [-0.4, -0.2) is 18.6 Å². The summed E-state index contributed by atoms with van der Waals surface area (Å²) in [6.45, 7) is 0. The topological polar surface area (TPSA) is 47.6 Å². The molecule has 1 aliphatic carbocycles. The normalized spacial score (nSPS) is 33.7. The number of nitrogens with zero attached hydrogens (tertiary/aromatic N) is 1. The standard InChI is InChI=1S/C12H11ClF2N2O/c13-8-4-2-1-3-6(8)12(10(14)15)7-5-9(7)18-11(16)17-12/h1-4,7,9-10H,5H2,(H2,16,17). The first-order valence-corrected chi connectivity index (χ1v) is 5.98. The van der Waals surface area contributed by atoms with Gasteiger partial charge in [0, 0.05) is 16.5 Å². The number of hydrogen-bond acceptors (Lipinski definition) is 3. The van der Waals surface area contributed by atoms with E-state index in [1.165, 1.54) is 0 Å². The Balaban J connectivity index is 2.19. The van der Waals surface area contributed by atoms with Crippen molar-refractivity contribution in [1.82, 2.24) is 0 Å². The number of benzene rings is 1. The Morgan fingerprint density at radius 2 is 2.17 bits per heavy atom. The van der Waals surface area contributed by atoms with E-state index in [0.29, 0.717) is 12.0 Å². The van der Waals surface area contributed by atoms with Crippen LogP contribution in [0.25, 0.3) is 0 Å². The van der Waals surface area contributed by atoms with E-state index in [9.17, 15) is 8.78 Å². The number of rotatable bonds is 2. The quantitative estimate of drug-likeness (QED) is 0.899. The number of fused-ring (bicyclic) bond motifs is 1. The number of ether oxygens (including phenoxy) is 1. The average molecular weight is 273 g/mol. The third kappa shape index (κ3) is 1.50. The molecule has 3 atom stereocenters. The molecule has 1 saturated carbocycles. The molecule has 1 aliphatic heterocycles. The molecule has 0 aromatic heterocycles. The van der Waals surface area contributed by atoms with E-state index in [1.54, 1.807) is 24.3 Å². The highest BCUT2D eigenvalue weighted by molar-refractivity contribution is 6.31. The Bertz CT molecular complexity index is 523. The van der Waals surface area contributed by atoms with E-state index in [4.69, 9.17) is 22.1 Å². The fraction of sp³-hybridized carbons (Fsp3) is 0.417. The van der Waals surface area contributed by atoms with Crippen LogP contribution < -0.4 is 5.73 Å². The molecule has 1 aromatic rings. The van der Waals surface area contributed by atoms with Crippen molar-refractivity contribution in [3.05, 3.63) is 34.9 Å². The highest BCUT2D eigenvalue weighted by atomic mass is 35.5. The highest BCUT2D eigenvalue weighted by Crippen LogP contribution is 2.56. The number of hydrogen-bond donors (Lipinski definition) is 1. The minimum Gasteiger partial charge on any atom is -0.462 e. The summed E-state index contributed by atoms with van der Waals surface area (Å²) in [6.07, 6.45) is -2.41. The third-order valence-electron chi connectivity index (χ3n) is 3.50. The summed E-state index contributed by atoms with van der Waals surface area (Å²) in [5.41, 5.74) is 4.16. The second kappa shape index (κ2) is 3.82. The lowest BCUT2D eigenvalue weighted by molar-refractivity contribution is 0.0197. The van der Waals surface area contributed by atoms with E-state index in [-0.39, 0.29) is 23.1 Å². The maximum absolute atomic E-state index is 13.6. The molecule has 0 radical (unpaired) electrons. The fourth-order valence-electron chi connectivity index (χ4n) is 2.59. The molecule has 2 N–H and O–H groups in total. The van der Waals surface area contributed by atoms with Gasteiger partial charge in [0.1, 0.15) is 6.10 Å². The average Bonchev–Trinajstić information content (AvgIpc) is 3.07. The van der Waals surface area contributed by atoms with E-state index in [2.05, 4.69) is 4.99 Å². The molecular weight excluding hydrogens is 262 g/mol. The van der Waals surface area contributed by atoms with Crippen molar-refractivity contribution >= 4 is 17.6 Å². The van der Waals surface area contributed by atoms with Crippen LogP contribution in [0.4, 0.5) is 8.78 Å². The largest absolute Gasteiger partial charge is 0.462 e. The van der Waals surface area contributed by atoms with Gasteiger partial charge in [-0.2, -0.15) is 0 Å². The van der Waals surface area contributed by atoms with Gasteiger partial charge in [-0.1, -0.05) is 29.8 Å². The molecule has 1 heterocycles.